The minimum absolute atomic E-state index is 0. The summed E-state index contributed by atoms with van der Waals surface area (Å²) >= 11 is 4.10. The molecule has 9 aromatic rings. The average molecular weight is 1160 g/mol. The predicted octanol–water partition coefficient (Wildman–Crippen LogP) is 15.9. The maximum atomic E-state index is 13.0. The third-order valence-corrected chi connectivity index (χ3v) is 19.0. The van der Waals surface area contributed by atoms with Crippen LogP contribution in [0.25, 0.3) is 11.1 Å². The van der Waals surface area contributed by atoms with E-state index in [9.17, 15) is 44.3 Å². The van der Waals surface area contributed by atoms with Crippen LogP contribution in [0.5, 0.6) is 0 Å². The van der Waals surface area contributed by atoms with Gasteiger partial charge >= 0.3 is 18.5 Å². The molecule has 0 radical (unpaired) electrons. The SMILES string of the molecule is FC(F)(F)/C(=C/Sc1ccccc1)c1ccccc1.FC(F)(F)/C(=C\Sc1ccccc1)c1ccccc1.O=C(c1ccccc1)C(F)(F)F.[Cl-].c1ccc(SC[P+](c2ccccc2)(c2ccccc2)c2ccccc2)cc1. The van der Waals surface area contributed by atoms with Crippen LogP contribution in [-0.4, -0.2) is 29.8 Å². The minimum Gasteiger partial charge on any atom is -1.00 e. The van der Waals surface area contributed by atoms with Gasteiger partial charge in [0, 0.05) is 20.2 Å². The largest absolute Gasteiger partial charge is 1.00 e. The molecule has 9 aromatic carbocycles. The molecule has 0 bridgehead atoms. The molecule has 0 heterocycles. The monoisotopic (exact) mass is 1150 g/mol. The summed E-state index contributed by atoms with van der Waals surface area (Å²) in [5.41, 5.74) is -0.166. The molecule has 0 amide bonds. The van der Waals surface area contributed by atoms with Crippen molar-refractivity contribution in [1.29, 1.82) is 0 Å². The highest BCUT2D eigenvalue weighted by atomic mass is 35.5. The number of Topliss-reactive ketones (excluding diaryl/α,β-unsaturated/α-hetero) is 1. The topological polar surface area (TPSA) is 17.1 Å². The molecule has 1 nitrogen and oxygen atoms in total. The fourth-order valence-electron chi connectivity index (χ4n) is 7.24. The Hall–Kier alpha value is -6.73. The standard InChI is InChI=1S/C25H22PS.2C15H11F3S.C8H5F3O.ClH/c1-5-13-22(14-6-1)26(23-15-7-2-8-16-23,24-17-9-3-10-18-24)21-27-25-19-11-4-12-20-25;2*16-15(17,18)14(12-7-3-1-4-8-12)11-19-13-9-5-2-6-10-13;9-8(10,11)7(12)6-4-2-1-3-5-6;/h1-20H,21H2;2*1-11H;1-5H;1H/q+1;;;;/p-1/b;14-11+;14-11-;;. The Bertz CT molecular complexity index is 2980. The fourth-order valence-corrected chi connectivity index (χ4v) is 15.4. The molecular weight excluding hydrogens is 1110 g/mol. The van der Waals surface area contributed by atoms with Crippen LogP contribution in [0, 0.1) is 0 Å². The van der Waals surface area contributed by atoms with Crippen molar-refractivity contribution in [2.45, 2.75) is 33.2 Å². The molecule has 9 rings (SSSR count). The zero-order chi connectivity index (χ0) is 55.0. The van der Waals surface area contributed by atoms with Crippen LogP contribution < -0.4 is 28.3 Å². The summed E-state index contributed by atoms with van der Waals surface area (Å²) < 4.78 is 114. The van der Waals surface area contributed by atoms with Gasteiger partial charge < -0.3 is 12.4 Å². The molecule has 0 aliphatic rings. The van der Waals surface area contributed by atoms with Gasteiger partial charge in [0.2, 0.25) is 0 Å². The zero-order valence-corrected chi connectivity index (χ0v) is 45.3. The Balaban J connectivity index is 0.000000198. The second kappa shape index (κ2) is 31.0. The number of thioether (sulfide) groups is 3. The zero-order valence-electron chi connectivity index (χ0n) is 41.2. The van der Waals surface area contributed by atoms with Crippen molar-refractivity contribution in [3.63, 3.8) is 0 Å². The van der Waals surface area contributed by atoms with Gasteiger partial charge in [0.1, 0.15) is 28.7 Å². The number of ketones is 1. The summed E-state index contributed by atoms with van der Waals surface area (Å²) in [6, 6.07) is 84.1. The first kappa shape index (κ1) is 62.1. The third kappa shape index (κ3) is 19.3. The molecule has 0 saturated heterocycles. The lowest BCUT2D eigenvalue weighted by Crippen LogP contribution is -3.00. The molecule has 400 valence electrons. The lowest BCUT2D eigenvalue weighted by atomic mass is 10.1. The van der Waals surface area contributed by atoms with E-state index in [4.69, 9.17) is 0 Å². The van der Waals surface area contributed by atoms with E-state index in [2.05, 4.69) is 121 Å². The second-order valence-corrected chi connectivity index (χ2v) is 23.1. The van der Waals surface area contributed by atoms with Crippen molar-refractivity contribution < 1.29 is 56.7 Å². The highest BCUT2D eigenvalue weighted by Gasteiger charge is 2.45. The van der Waals surface area contributed by atoms with Gasteiger partial charge in [-0.3, -0.25) is 4.79 Å². The van der Waals surface area contributed by atoms with Crippen molar-refractivity contribution in [2.24, 2.45) is 0 Å². The summed E-state index contributed by atoms with van der Waals surface area (Å²) in [5, 5.41) is 6.62. The van der Waals surface area contributed by atoms with E-state index < -0.39 is 42.7 Å². The van der Waals surface area contributed by atoms with Gasteiger partial charge in [-0.15, -0.1) is 0 Å². The Morgan fingerprint density at radius 1 is 0.333 bits per heavy atom. The number of allylic oxidation sites excluding steroid dienone is 2. The maximum absolute atomic E-state index is 13.0. The summed E-state index contributed by atoms with van der Waals surface area (Å²) in [6.45, 7) is 0. The van der Waals surface area contributed by atoms with Crippen LogP contribution in [-0.2, 0) is 0 Å². The Morgan fingerprint density at radius 2 is 0.577 bits per heavy atom. The highest BCUT2D eigenvalue weighted by molar-refractivity contribution is 8.13. The van der Waals surface area contributed by atoms with Gasteiger partial charge in [0.05, 0.1) is 11.1 Å². The van der Waals surface area contributed by atoms with E-state index in [1.54, 1.807) is 91.0 Å². The van der Waals surface area contributed by atoms with E-state index in [0.29, 0.717) is 0 Å². The number of hydrogen-bond donors (Lipinski definition) is 0. The number of rotatable bonds is 13. The third-order valence-electron chi connectivity index (χ3n) is 10.9. The van der Waals surface area contributed by atoms with Crippen LogP contribution in [0.4, 0.5) is 39.5 Å². The fraction of sp³-hybridized carbons (Fsp3) is 0.0635. The lowest BCUT2D eigenvalue weighted by Gasteiger charge is -2.27. The first-order valence-electron chi connectivity index (χ1n) is 23.5. The normalized spacial score (nSPS) is 11.7. The van der Waals surface area contributed by atoms with Crippen LogP contribution in [0.15, 0.2) is 298 Å². The minimum atomic E-state index is -4.78. The molecular formula is C63H49ClF9OPS3. The quantitative estimate of drug-likeness (QED) is 0.0495. The summed E-state index contributed by atoms with van der Waals surface area (Å²) in [5.74, 6) is -1.80. The van der Waals surface area contributed by atoms with Crippen LogP contribution in [0.3, 0.4) is 0 Å². The molecule has 0 N–H and O–H groups in total. The van der Waals surface area contributed by atoms with Crippen molar-refractivity contribution in [3.8, 4) is 0 Å². The van der Waals surface area contributed by atoms with Crippen molar-refractivity contribution in [2.75, 3.05) is 5.49 Å². The molecule has 0 spiro atoms. The van der Waals surface area contributed by atoms with E-state index in [1.165, 1.54) is 57.2 Å². The molecule has 0 aliphatic carbocycles. The number of hydrogen-bond acceptors (Lipinski definition) is 4. The highest BCUT2D eigenvalue weighted by Crippen LogP contribution is 2.58. The molecule has 0 aliphatic heterocycles. The van der Waals surface area contributed by atoms with Crippen molar-refractivity contribution in [1.82, 2.24) is 0 Å². The van der Waals surface area contributed by atoms with E-state index in [-0.39, 0.29) is 29.1 Å². The van der Waals surface area contributed by atoms with Gasteiger partial charge in [-0.25, -0.2) is 0 Å². The van der Waals surface area contributed by atoms with E-state index >= 15 is 0 Å². The summed E-state index contributed by atoms with van der Waals surface area (Å²) in [6.07, 6.45) is -13.5. The Labute approximate surface area is 468 Å². The maximum Gasteiger partial charge on any atom is 0.454 e. The number of carbonyl (C=O) groups excluding carboxylic acids is 1. The molecule has 0 aromatic heterocycles. The van der Waals surface area contributed by atoms with Crippen molar-refractivity contribution in [3.05, 3.63) is 300 Å². The van der Waals surface area contributed by atoms with Crippen LogP contribution >= 0.6 is 42.5 Å². The molecule has 0 saturated carbocycles. The summed E-state index contributed by atoms with van der Waals surface area (Å²) in [4.78, 5) is 13.4. The molecule has 0 fully saturated rings. The van der Waals surface area contributed by atoms with Gasteiger partial charge in [0.25, 0.3) is 5.78 Å². The van der Waals surface area contributed by atoms with E-state index in [0.717, 1.165) is 61.8 Å². The molecule has 0 atom stereocenters. The molecule has 0 unspecified atom stereocenters. The molecule has 15 heteroatoms. The Kier molecular flexibility index (Phi) is 24.7. The van der Waals surface area contributed by atoms with Gasteiger partial charge in [0.15, 0.2) is 0 Å². The van der Waals surface area contributed by atoms with Crippen molar-refractivity contribution >= 4 is 75.4 Å². The first-order valence-corrected chi connectivity index (χ1v) is 28.3. The number of alkyl halides is 9. The lowest BCUT2D eigenvalue weighted by molar-refractivity contribution is -0.0885. The van der Waals surface area contributed by atoms with Gasteiger partial charge in [-0.05, 0) is 94.7 Å². The first-order chi connectivity index (χ1) is 37.1. The smallest absolute Gasteiger partial charge is 0.454 e. The average Bonchev–Trinajstić information content (AvgIpc) is 3.51. The predicted molar refractivity (Wildman–Crippen MR) is 305 cm³/mol. The number of carbonyl (C=O) groups is 1. The Morgan fingerprint density at radius 3 is 0.846 bits per heavy atom. The van der Waals surface area contributed by atoms with E-state index in [1.807, 2.05) is 23.9 Å². The van der Waals surface area contributed by atoms with Gasteiger partial charge in [-0.2, -0.15) is 39.5 Å². The summed E-state index contributed by atoms with van der Waals surface area (Å²) in [7, 11) is -1.76. The van der Waals surface area contributed by atoms with Crippen LogP contribution in [0.1, 0.15) is 21.5 Å². The second-order valence-electron chi connectivity index (χ2n) is 16.2. The van der Waals surface area contributed by atoms with Gasteiger partial charge in [-0.1, -0.05) is 235 Å². The van der Waals surface area contributed by atoms with Crippen LogP contribution in [0.2, 0.25) is 0 Å². The number of halogens is 10. The number of benzene rings is 9. The molecule has 78 heavy (non-hydrogen) atoms.